The minimum Gasteiger partial charge on any atom is -0.513 e. The molecule has 1 aromatic carbocycles. The van der Waals surface area contributed by atoms with Gasteiger partial charge in [0.25, 0.3) is 0 Å². The molecule has 1 N–H and O–H groups in total. The predicted octanol–water partition coefficient (Wildman–Crippen LogP) is 3.18. The van der Waals surface area contributed by atoms with E-state index in [4.69, 9.17) is 5.11 Å². The molecule has 1 aliphatic rings. The molecule has 0 radical (unpaired) electrons. The Kier molecular flexibility index (Phi) is 2.09. The number of aliphatic hydroxyl groups is 1. The molecule has 0 amide bonds. The topological polar surface area (TPSA) is 20.2 Å². The normalized spacial score (nSPS) is 19.8. The van der Waals surface area contributed by atoms with E-state index in [1.54, 1.807) is 0 Å². The first-order valence-electron chi connectivity index (χ1n) is 4.72. The quantitative estimate of drug-likeness (QED) is 0.683. The fourth-order valence-electron chi connectivity index (χ4n) is 2.14. The lowest BCUT2D eigenvalue weighted by Crippen LogP contribution is -1.94. The van der Waals surface area contributed by atoms with Crippen LogP contribution in [0.4, 0.5) is 0 Å². The van der Waals surface area contributed by atoms with Crippen molar-refractivity contribution in [1.82, 2.24) is 0 Å². The van der Waals surface area contributed by atoms with Crippen molar-refractivity contribution in [2.45, 2.75) is 25.2 Å². The zero-order valence-corrected chi connectivity index (χ0v) is 7.66. The summed E-state index contributed by atoms with van der Waals surface area (Å²) in [6.45, 7) is 3.55. The van der Waals surface area contributed by atoms with Crippen LogP contribution < -0.4 is 0 Å². The Labute approximate surface area is 78.7 Å². The van der Waals surface area contributed by atoms with Gasteiger partial charge in [0, 0.05) is 6.42 Å². The maximum absolute atomic E-state index is 9.14. The van der Waals surface area contributed by atoms with Crippen LogP contribution in [0.2, 0.25) is 0 Å². The van der Waals surface area contributed by atoms with E-state index in [0.717, 1.165) is 19.3 Å². The maximum Gasteiger partial charge on any atom is 0.0857 e. The standard InChI is InChI=1S/C12H14O/c1-9(13)8-11-7-6-10-4-2-3-5-12(10)11/h2-5,11,13H,1,6-8H2. The number of aryl methyl sites for hydroxylation is 1. The van der Waals surface area contributed by atoms with Crippen LogP contribution in [-0.4, -0.2) is 5.11 Å². The predicted molar refractivity (Wildman–Crippen MR) is 53.9 cm³/mol. The second kappa shape index (κ2) is 3.25. The molecule has 1 aliphatic carbocycles. The fraction of sp³-hybridized carbons (Fsp3) is 0.333. The molecule has 1 aromatic rings. The van der Waals surface area contributed by atoms with Crippen molar-refractivity contribution in [3.05, 3.63) is 47.7 Å². The molecule has 0 bridgehead atoms. The third-order valence-corrected chi connectivity index (χ3v) is 2.74. The summed E-state index contributed by atoms with van der Waals surface area (Å²) < 4.78 is 0. The third kappa shape index (κ3) is 1.59. The lowest BCUT2D eigenvalue weighted by atomic mass is 9.97. The van der Waals surface area contributed by atoms with E-state index in [1.807, 2.05) is 0 Å². The molecule has 13 heavy (non-hydrogen) atoms. The van der Waals surface area contributed by atoms with Gasteiger partial charge in [-0.2, -0.15) is 0 Å². The Balaban J connectivity index is 2.23. The monoisotopic (exact) mass is 174 g/mol. The van der Waals surface area contributed by atoms with Gasteiger partial charge in [-0.15, -0.1) is 0 Å². The van der Waals surface area contributed by atoms with Crippen molar-refractivity contribution in [3.63, 3.8) is 0 Å². The molecule has 1 nitrogen and oxygen atoms in total. The van der Waals surface area contributed by atoms with E-state index in [1.165, 1.54) is 11.1 Å². The molecule has 1 unspecified atom stereocenters. The number of fused-ring (bicyclic) bond motifs is 1. The highest BCUT2D eigenvalue weighted by Crippen LogP contribution is 2.36. The Morgan fingerprint density at radius 2 is 2.23 bits per heavy atom. The van der Waals surface area contributed by atoms with Gasteiger partial charge in [-0.1, -0.05) is 30.8 Å². The van der Waals surface area contributed by atoms with E-state index in [2.05, 4.69) is 30.8 Å². The van der Waals surface area contributed by atoms with Crippen molar-refractivity contribution < 1.29 is 5.11 Å². The molecule has 0 heterocycles. The Morgan fingerprint density at radius 1 is 1.46 bits per heavy atom. The number of rotatable bonds is 2. The van der Waals surface area contributed by atoms with E-state index < -0.39 is 0 Å². The molecule has 0 saturated heterocycles. The van der Waals surface area contributed by atoms with Gasteiger partial charge in [-0.05, 0) is 29.9 Å². The average molecular weight is 174 g/mol. The van der Waals surface area contributed by atoms with Crippen LogP contribution in [0.5, 0.6) is 0 Å². The van der Waals surface area contributed by atoms with Gasteiger partial charge in [-0.25, -0.2) is 0 Å². The average Bonchev–Trinajstić information content (AvgIpc) is 2.48. The molecule has 2 rings (SSSR count). The van der Waals surface area contributed by atoms with Crippen LogP contribution in [0.3, 0.4) is 0 Å². The Hall–Kier alpha value is -1.24. The third-order valence-electron chi connectivity index (χ3n) is 2.74. The van der Waals surface area contributed by atoms with Crippen LogP contribution in [-0.2, 0) is 6.42 Å². The van der Waals surface area contributed by atoms with Gasteiger partial charge in [0.15, 0.2) is 0 Å². The van der Waals surface area contributed by atoms with Gasteiger partial charge >= 0.3 is 0 Å². The van der Waals surface area contributed by atoms with Crippen molar-refractivity contribution in [2.24, 2.45) is 0 Å². The number of hydrogen-bond donors (Lipinski definition) is 1. The first-order chi connectivity index (χ1) is 6.27. The highest BCUT2D eigenvalue weighted by Gasteiger charge is 2.21. The molecule has 0 aromatic heterocycles. The highest BCUT2D eigenvalue weighted by molar-refractivity contribution is 5.35. The van der Waals surface area contributed by atoms with Gasteiger partial charge < -0.3 is 5.11 Å². The van der Waals surface area contributed by atoms with Gasteiger partial charge in [-0.3, -0.25) is 0 Å². The number of benzene rings is 1. The summed E-state index contributed by atoms with van der Waals surface area (Å²) in [6, 6.07) is 8.48. The Bertz CT molecular complexity index is 328. The van der Waals surface area contributed by atoms with E-state index in [0.29, 0.717) is 11.7 Å². The largest absolute Gasteiger partial charge is 0.513 e. The molecule has 1 heteroatoms. The van der Waals surface area contributed by atoms with Crippen LogP contribution >= 0.6 is 0 Å². The molecule has 0 saturated carbocycles. The second-order valence-electron chi connectivity index (χ2n) is 3.70. The van der Waals surface area contributed by atoms with Crippen molar-refractivity contribution >= 4 is 0 Å². The summed E-state index contributed by atoms with van der Waals surface area (Å²) >= 11 is 0. The van der Waals surface area contributed by atoms with Crippen LogP contribution in [0.1, 0.15) is 29.9 Å². The molecule has 0 fully saturated rings. The molecular formula is C12H14O. The van der Waals surface area contributed by atoms with Gasteiger partial charge in [0.05, 0.1) is 5.76 Å². The van der Waals surface area contributed by atoms with Gasteiger partial charge in [0.1, 0.15) is 0 Å². The fourth-order valence-corrected chi connectivity index (χ4v) is 2.14. The molecular weight excluding hydrogens is 160 g/mol. The summed E-state index contributed by atoms with van der Waals surface area (Å²) in [7, 11) is 0. The Morgan fingerprint density at radius 3 is 3.00 bits per heavy atom. The van der Waals surface area contributed by atoms with E-state index in [9.17, 15) is 0 Å². The van der Waals surface area contributed by atoms with E-state index >= 15 is 0 Å². The number of hydrogen-bond acceptors (Lipinski definition) is 1. The summed E-state index contributed by atoms with van der Waals surface area (Å²) in [5.41, 5.74) is 2.84. The van der Waals surface area contributed by atoms with Crippen molar-refractivity contribution in [2.75, 3.05) is 0 Å². The second-order valence-corrected chi connectivity index (χ2v) is 3.70. The first kappa shape index (κ1) is 8.36. The van der Waals surface area contributed by atoms with E-state index in [-0.39, 0.29) is 0 Å². The maximum atomic E-state index is 9.14. The first-order valence-corrected chi connectivity index (χ1v) is 4.72. The zero-order chi connectivity index (χ0) is 9.26. The SMILES string of the molecule is C=C(O)CC1CCc2ccccc21. The van der Waals surface area contributed by atoms with Crippen LogP contribution in [0, 0.1) is 0 Å². The number of aliphatic hydroxyl groups excluding tert-OH is 1. The molecule has 0 aliphatic heterocycles. The van der Waals surface area contributed by atoms with Crippen LogP contribution in [0.25, 0.3) is 0 Å². The minimum absolute atomic E-state index is 0.307. The highest BCUT2D eigenvalue weighted by atomic mass is 16.3. The lowest BCUT2D eigenvalue weighted by Gasteiger charge is -2.09. The summed E-state index contributed by atoms with van der Waals surface area (Å²) in [5.74, 6) is 0.801. The van der Waals surface area contributed by atoms with Gasteiger partial charge in [0.2, 0.25) is 0 Å². The molecule has 68 valence electrons. The minimum atomic E-state index is 0.307. The van der Waals surface area contributed by atoms with Crippen LogP contribution in [0.15, 0.2) is 36.6 Å². The number of allylic oxidation sites excluding steroid dienone is 1. The lowest BCUT2D eigenvalue weighted by molar-refractivity contribution is 0.376. The smallest absolute Gasteiger partial charge is 0.0857 e. The zero-order valence-electron chi connectivity index (χ0n) is 7.66. The summed E-state index contributed by atoms with van der Waals surface area (Å²) in [5, 5.41) is 9.14. The van der Waals surface area contributed by atoms with Crippen molar-refractivity contribution in [3.8, 4) is 0 Å². The molecule has 1 atom stereocenters. The summed E-state index contributed by atoms with van der Waals surface area (Å²) in [4.78, 5) is 0. The summed E-state index contributed by atoms with van der Waals surface area (Å²) in [6.07, 6.45) is 3.02. The molecule has 0 spiro atoms. The van der Waals surface area contributed by atoms with Crippen molar-refractivity contribution in [1.29, 1.82) is 0 Å².